The maximum atomic E-state index is 4.26. The molecule has 0 saturated heterocycles. The minimum absolute atomic E-state index is 0.834. The van der Waals surface area contributed by atoms with Gasteiger partial charge in [-0.3, -0.25) is 4.99 Å². The van der Waals surface area contributed by atoms with E-state index in [9.17, 15) is 0 Å². The van der Waals surface area contributed by atoms with Crippen LogP contribution in [0, 0.1) is 0 Å². The normalized spacial score (nSPS) is 18.8. The van der Waals surface area contributed by atoms with Gasteiger partial charge in [-0.05, 0) is 25.0 Å². The molecule has 0 bridgehead atoms. The van der Waals surface area contributed by atoms with Gasteiger partial charge in [0.1, 0.15) is 0 Å². The number of rotatable bonds is 1. The van der Waals surface area contributed by atoms with Crippen molar-refractivity contribution < 1.29 is 0 Å². The Morgan fingerprint density at radius 3 is 2.44 bits per heavy atom. The molecule has 0 unspecified atom stereocenters. The van der Waals surface area contributed by atoms with E-state index in [1.54, 1.807) is 0 Å². The van der Waals surface area contributed by atoms with Crippen LogP contribution in [0.4, 0.5) is 0 Å². The van der Waals surface area contributed by atoms with Gasteiger partial charge >= 0.3 is 0 Å². The first-order valence-corrected chi connectivity index (χ1v) is 3.70. The van der Waals surface area contributed by atoms with Gasteiger partial charge in [0.2, 0.25) is 0 Å². The van der Waals surface area contributed by atoms with Crippen LogP contribution in [-0.2, 0) is 0 Å². The lowest BCUT2D eigenvalue weighted by molar-refractivity contribution is 1.17. The molecule has 0 spiro atoms. The van der Waals surface area contributed by atoms with Gasteiger partial charge in [-0.2, -0.15) is 12.6 Å². The summed E-state index contributed by atoms with van der Waals surface area (Å²) < 4.78 is 0. The third kappa shape index (κ3) is 1.18. The summed E-state index contributed by atoms with van der Waals surface area (Å²) in [7, 11) is 0. The Morgan fingerprint density at radius 2 is 2.22 bits per heavy atom. The number of hydrogen-bond donors (Lipinski definition) is 1. The van der Waals surface area contributed by atoms with E-state index in [4.69, 9.17) is 0 Å². The van der Waals surface area contributed by atoms with Crippen molar-refractivity contribution in [1.82, 2.24) is 0 Å². The largest absolute Gasteiger partial charge is 0.285 e. The molecule has 1 aliphatic rings. The number of nitrogens with zero attached hydrogens (tertiary/aromatic N) is 1. The van der Waals surface area contributed by atoms with E-state index in [1.807, 2.05) is 6.92 Å². The molecule has 1 heterocycles. The lowest BCUT2D eigenvalue weighted by Gasteiger charge is -1.96. The van der Waals surface area contributed by atoms with Crippen LogP contribution in [0.15, 0.2) is 16.1 Å². The van der Waals surface area contributed by atoms with E-state index >= 15 is 0 Å². The second kappa shape index (κ2) is 2.56. The molecule has 1 nitrogen and oxygen atoms in total. The minimum atomic E-state index is 0.834. The predicted molar refractivity (Wildman–Crippen MR) is 44.5 cm³/mol. The quantitative estimate of drug-likeness (QED) is 0.534. The maximum Gasteiger partial charge on any atom is 0.0606 e. The predicted octanol–water partition coefficient (Wildman–Crippen LogP) is 1.71. The van der Waals surface area contributed by atoms with E-state index in [0.717, 1.165) is 12.3 Å². The van der Waals surface area contributed by atoms with Crippen molar-refractivity contribution in [3.8, 4) is 0 Å². The Balaban J connectivity index is 2.83. The van der Waals surface area contributed by atoms with Crippen molar-refractivity contribution in [2.45, 2.75) is 13.8 Å². The molecule has 9 heavy (non-hydrogen) atoms. The van der Waals surface area contributed by atoms with Crippen molar-refractivity contribution in [3.63, 3.8) is 0 Å². The van der Waals surface area contributed by atoms with Crippen LogP contribution in [0.25, 0.3) is 0 Å². The molecule has 0 saturated carbocycles. The summed E-state index contributed by atoms with van der Waals surface area (Å²) in [5.74, 6) is 0.834. The molecule has 0 aromatic heterocycles. The zero-order chi connectivity index (χ0) is 6.85. The van der Waals surface area contributed by atoms with Crippen molar-refractivity contribution in [1.29, 1.82) is 0 Å². The molecular weight excluding hydrogens is 130 g/mol. The average molecular weight is 141 g/mol. The molecule has 0 N–H and O–H groups in total. The molecule has 50 valence electrons. The van der Waals surface area contributed by atoms with Crippen LogP contribution in [0.5, 0.6) is 0 Å². The molecule has 1 rings (SSSR count). The van der Waals surface area contributed by atoms with Gasteiger partial charge in [0, 0.05) is 11.5 Å². The van der Waals surface area contributed by atoms with Gasteiger partial charge in [-0.15, -0.1) is 0 Å². The molecule has 0 fully saturated rings. The molecule has 0 aromatic rings. The fourth-order valence-corrected chi connectivity index (χ4v) is 1.48. The van der Waals surface area contributed by atoms with Crippen LogP contribution in [0.2, 0.25) is 0 Å². The molecule has 1 aliphatic heterocycles. The Kier molecular flexibility index (Phi) is 1.96. The summed E-state index contributed by atoms with van der Waals surface area (Å²) in [6.07, 6.45) is 0. The lowest BCUT2D eigenvalue weighted by atomic mass is 10.1. The molecule has 2 heteroatoms. The standard InChI is InChI=1S/C7H11NS/c1-5-3-8-6(2)7(5)4-9/h9H,3-4H2,1-2H3. The number of aliphatic imine (C=N–C) groups is 1. The first-order valence-electron chi connectivity index (χ1n) is 3.06. The van der Waals surface area contributed by atoms with E-state index in [2.05, 4.69) is 24.5 Å². The Labute approximate surface area is 61.3 Å². The van der Waals surface area contributed by atoms with E-state index in [1.165, 1.54) is 16.9 Å². The van der Waals surface area contributed by atoms with E-state index in [0.29, 0.717) is 0 Å². The van der Waals surface area contributed by atoms with Gasteiger partial charge < -0.3 is 0 Å². The molecular formula is C7H11NS. The number of thiol groups is 1. The second-order valence-corrected chi connectivity index (χ2v) is 2.63. The summed E-state index contributed by atoms with van der Waals surface area (Å²) in [5.41, 5.74) is 3.88. The monoisotopic (exact) mass is 141 g/mol. The van der Waals surface area contributed by atoms with Crippen LogP contribution < -0.4 is 0 Å². The second-order valence-electron chi connectivity index (χ2n) is 2.32. The fraction of sp³-hybridized carbons (Fsp3) is 0.571. The van der Waals surface area contributed by atoms with Crippen molar-refractivity contribution in [2.24, 2.45) is 4.99 Å². The average Bonchev–Trinajstić information content (AvgIpc) is 2.12. The van der Waals surface area contributed by atoms with Gasteiger partial charge in [0.25, 0.3) is 0 Å². The Morgan fingerprint density at radius 1 is 1.56 bits per heavy atom. The highest BCUT2D eigenvalue weighted by Gasteiger charge is 2.09. The smallest absolute Gasteiger partial charge is 0.0606 e. The van der Waals surface area contributed by atoms with Crippen molar-refractivity contribution in [3.05, 3.63) is 11.1 Å². The third-order valence-electron chi connectivity index (χ3n) is 1.66. The van der Waals surface area contributed by atoms with Crippen LogP contribution >= 0.6 is 12.6 Å². The van der Waals surface area contributed by atoms with E-state index in [-0.39, 0.29) is 0 Å². The highest BCUT2D eigenvalue weighted by atomic mass is 32.1. The highest BCUT2D eigenvalue weighted by molar-refractivity contribution is 7.80. The van der Waals surface area contributed by atoms with Gasteiger partial charge in [-0.1, -0.05) is 0 Å². The molecule has 0 radical (unpaired) electrons. The van der Waals surface area contributed by atoms with Gasteiger partial charge in [0.05, 0.1) is 6.54 Å². The highest BCUT2D eigenvalue weighted by Crippen LogP contribution is 2.14. The van der Waals surface area contributed by atoms with Gasteiger partial charge in [0.15, 0.2) is 0 Å². The van der Waals surface area contributed by atoms with Crippen LogP contribution in [-0.4, -0.2) is 18.0 Å². The summed E-state index contributed by atoms with van der Waals surface area (Å²) in [6, 6.07) is 0. The van der Waals surface area contributed by atoms with Gasteiger partial charge in [-0.25, -0.2) is 0 Å². The first kappa shape index (κ1) is 6.87. The summed E-state index contributed by atoms with van der Waals surface area (Å²) in [4.78, 5) is 4.26. The molecule has 0 aliphatic carbocycles. The fourth-order valence-electron chi connectivity index (χ4n) is 0.986. The minimum Gasteiger partial charge on any atom is -0.285 e. The Hall–Kier alpha value is -0.240. The van der Waals surface area contributed by atoms with Crippen molar-refractivity contribution in [2.75, 3.05) is 12.3 Å². The van der Waals surface area contributed by atoms with Crippen LogP contribution in [0.1, 0.15) is 13.8 Å². The summed E-state index contributed by atoms with van der Waals surface area (Å²) in [6.45, 7) is 5.05. The first-order chi connectivity index (χ1) is 4.25. The van der Waals surface area contributed by atoms with E-state index < -0.39 is 0 Å². The maximum absolute atomic E-state index is 4.26. The number of hydrogen-bond acceptors (Lipinski definition) is 2. The lowest BCUT2D eigenvalue weighted by Crippen LogP contribution is -1.95. The summed E-state index contributed by atoms with van der Waals surface area (Å²) >= 11 is 4.20. The zero-order valence-electron chi connectivity index (χ0n) is 5.81. The molecule has 0 amide bonds. The topological polar surface area (TPSA) is 12.4 Å². The molecule has 0 atom stereocenters. The Bertz CT molecular complexity index is 179. The van der Waals surface area contributed by atoms with Crippen molar-refractivity contribution >= 4 is 18.3 Å². The summed E-state index contributed by atoms with van der Waals surface area (Å²) in [5, 5.41) is 0. The van der Waals surface area contributed by atoms with Crippen LogP contribution in [0.3, 0.4) is 0 Å². The SMILES string of the molecule is CC1=NCC(C)=C1CS. The molecule has 0 aromatic carbocycles. The third-order valence-corrected chi connectivity index (χ3v) is 1.98. The zero-order valence-corrected chi connectivity index (χ0v) is 6.70.